The molecule has 1 aliphatic heterocycles. The highest BCUT2D eigenvalue weighted by Crippen LogP contribution is 2.32. The van der Waals surface area contributed by atoms with Crippen LogP contribution in [0.3, 0.4) is 0 Å². The molecule has 0 aliphatic carbocycles. The van der Waals surface area contributed by atoms with E-state index in [4.69, 9.17) is 0 Å². The van der Waals surface area contributed by atoms with E-state index in [1.54, 1.807) is 11.0 Å². The lowest BCUT2D eigenvalue weighted by Crippen LogP contribution is -2.50. The molecule has 2 aromatic carbocycles. The molecule has 0 bridgehead atoms. The third-order valence-electron chi connectivity index (χ3n) is 4.73. The number of amides is 2. The van der Waals surface area contributed by atoms with Crippen LogP contribution >= 0.6 is 0 Å². The fraction of sp³-hybridized carbons (Fsp3) is 0.350. The minimum atomic E-state index is -4.36. The number of hydrogen-bond donors (Lipinski definition) is 1. The molecule has 1 saturated heterocycles. The van der Waals surface area contributed by atoms with Crippen molar-refractivity contribution in [3.8, 4) is 0 Å². The molecule has 1 heterocycles. The highest BCUT2D eigenvalue weighted by molar-refractivity contribution is 5.93. The lowest BCUT2D eigenvalue weighted by molar-refractivity contribution is -0.137. The average molecular weight is 392 g/mol. The second-order valence-corrected chi connectivity index (χ2v) is 6.86. The van der Waals surface area contributed by atoms with Crippen molar-refractivity contribution in [2.24, 2.45) is 0 Å². The fourth-order valence-electron chi connectivity index (χ4n) is 3.21. The van der Waals surface area contributed by atoms with Gasteiger partial charge in [-0.1, -0.05) is 18.2 Å². The van der Waals surface area contributed by atoms with Crippen LogP contribution in [-0.4, -0.2) is 51.2 Å². The molecule has 0 unspecified atom stereocenters. The fourth-order valence-corrected chi connectivity index (χ4v) is 3.21. The van der Waals surface area contributed by atoms with Gasteiger partial charge in [0.25, 0.3) is 0 Å². The zero-order chi connectivity index (χ0) is 20.3. The Balaban J connectivity index is 1.62. The number of nitrogens with zero attached hydrogens (tertiary/aromatic N) is 3. The first kappa shape index (κ1) is 19.9. The van der Waals surface area contributed by atoms with E-state index in [0.29, 0.717) is 31.9 Å². The summed E-state index contributed by atoms with van der Waals surface area (Å²) >= 11 is 0. The minimum absolute atomic E-state index is 0.210. The molecular weight excluding hydrogens is 369 g/mol. The molecule has 1 aliphatic rings. The van der Waals surface area contributed by atoms with E-state index in [1.807, 2.05) is 48.2 Å². The predicted molar refractivity (Wildman–Crippen MR) is 105 cm³/mol. The van der Waals surface area contributed by atoms with E-state index in [1.165, 1.54) is 6.07 Å². The molecule has 0 aromatic heterocycles. The first-order chi connectivity index (χ1) is 13.3. The summed E-state index contributed by atoms with van der Waals surface area (Å²) in [6.45, 7) is 1.83. The van der Waals surface area contributed by atoms with Crippen LogP contribution < -0.4 is 15.1 Å². The second-order valence-electron chi connectivity index (χ2n) is 6.86. The van der Waals surface area contributed by atoms with Crippen LogP contribution in [0.4, 0.5) is 35.0 Å². The van der Waals surface area contributed by atoms with E-state index >= 15 is 0 Å². The van der Waals surface area contributed by atoms with Crippen LogP contribution in [0.5, 0.6) is 0 Å². The number of para-hydroxylation sites is 2. The largest absolute Gasteiger partial charge is 0.416 e. The molecule has 0 saturated carbocycles. The summed E-state index contributed by atoms with van der Waals surface area (Å²) < 4.78 is 38.7. The second kappa shape index (κ2) is 8.00. The summed E-state index contributed by atoms with van der Waals surface area (Å²) in [5.41, 5.74) is 1.48. The summed E-state index contributed by atoms with van der Waals surface area (Å²) in [4.78, 5) is 18.1. The van der Waals surface area contributed by atoms with E-state index in [2.05, 4.69) is 5.32 Å². The number of alkyl halides is 3. The SMILES string of the molecule is CN(C)c1ccccc1NC(=O)N1CCN(c2cccc(C(F)(F)F)c2)CC1. The number of urea groups is 1. The predicted octanol–water partition coefficient (Wildman–Crippen LogP) is 4.13. The molecule has 1 N–H and O–H groups in total. The van der Waals surface area contributed by atoms with Gasteiger partial charge in [0.2, 0.25) is 0 Å². The average Bonchev–Trinajstić information content (AvgIpc) is 2.68. The number of carbonyl (C=O) groups is 1. The van der Waals surface area contributed by atoms with Gasteiger partial charge in [0.05, 0.1) is 16.9 Å². The van der Waals surface area contributed by atoms with E-state index < -0.39 is 11.7 Å². The van der Waals surface area contributed by atoms with Gasteiger partial charge < -0.3 is 20.0 Å². The third kappa shape index (κ3) is 4.49. The van der Waals surface area contributed by atoms with E-state index in [9.17, 15) is 18.0 Å². The zero-order valence-electron chi connectivity index (χ0n) is 15.8. The number of rotatable bonds is 3. The van der Waals surface area contributed by atoms with Crippen LogP contribution in [-0.2, 0) is 6.18 Å². The van der Waals surface area contributed by atoms with Gasteiger partial charge in [-0.15, -0.1) is 0 Å². The van der Waals surface area contributed by atoms with Crippen molar-refractivity contribution in [1.29, 1.82) is 0 Å². The Kier molecular flexibility index (Phi) is 5.67. The van der Waals surface area contributed by atoms with Crippen molar-refractivity contribution in [3.63, 3.8) is 0 Å². The number of hydrogen-bond acceptors (Lipinski definition) is 3. The van der Waals surface area contributed by atoms with Gasteiger partial charge in [-0.3, -0.25) is 0 Å². The van der Waals surface area contributed by atoms with Gasteiger partial charge in [0.15, 0.2) is 0 Å². The molecule has 5 nitrogen and oxygen atoms in total. The van der Waals surface area contributed by atoms with Crippen LogP contribution in [0.2, 0.25) is 0 Å². The Bertz CT molecular complexity index is 830. The molecular formula is C20H23F3N4O. The zero-order valence-corrected chi connectivity index (χ0v) is 15.8. The molecule has 150 valence electrons. The highest BCUT2D eigenvalue weighted by atomic mass is 19.4. The molecule has 0 spiro atoms. The Hall–Kier alpha value is -2.90. The first-order valence-electron chi connectivity index (χ1n) is 9.00. The summed E-state index contributed by atoms with van der Waals surface area (Å²) in [5.74, 6) is 0. The summed E-state index contributed by atoms with van der Waals surface area (Å²) in [5, 5.41) is 2.92. The number of carbonyl (C=O) groups excluding carboxylic acids is 1. The maximum atomic E-state index is 12.9. The maximum absolute atomic E-state index is 12.9. The molecule has 28 heavy (non-hydrogen) atoms. The lowest BCUT2D eigenvalue weighted by atomic mass is 10.1. The third-order valence-corrected chi connectivity index (χ3v) is 4.73. The van der Waals surface area contributed by atoms with Crippen LogP contribution in [0.25, 0.3) is 0 Å². The monoisotopic (exact) mass is 392 g/mol. The number of anilines is 3. The quantitative estimate of drug-likeness (QED) is 0.854. The Morgan fingerprint density at radius 3 is 2.32 bits per heavy atom. The first-order valence-corrected chi connectivity index (χ1v) is 9.00. The number of piperazine rings is 1. The summed E-state index contributed by atoms with van der Waals surface area (Å²) in [6, 6.07) is 12.6. The van der Waals surface area contributed by atoms with Crippen LogP contribution in [0, 0.1) is 0 Å². The van der Waals surface area contributed by atoms with Crippen molar-refractivity contribution in [3.05, 3.63) is 54.1 Å². The van der Waals surface area contributed by atoms with E-state index in [-0.39, 0.29) is 6.03 Å². The molecule has 1 fully saturated rings. The number of halogens is 3. The van der Waals surface area contributed by atoms with Crippen LogP contribution in [0.1, 0.15) is 5.56 Å². The van der Waals surface area contributed by atoms with E-state index in [0.717, 1.165) is 23.5 Å². The Labute approximate surface area is 162 Å². The highest BCUT2D eigenvalue weighted by Gasteiger charge is 2.31. The Morgan fingerprint density at radius 1 is 1.00 bits per heavy atom. The maximum Gasteiger partial charge on any atom is 0.416 e. The van der Waals surface area contributed by atoms with Crippen molar-refractivity contribution < 1.29 is 18.0 Å². The summed E-state index contributed by atoms with van der Waals surface area (Å²) in [6.07, 6.45) is -4.36. The van der Waals surface area contributed by atoms with Crippen molar-refractivity contribution >= 4 is 23.1 Å². The lowest BCUT2D eigenvalue weighted by Gasteiger charge is -2.36. The van der Waals surface area contributed by atoms with Crippen molar-refractivity contribution in [1.82, 2.24) is 4.90 Å². The molecule has 3 rings (SSSR count). The minimum Gasteiger partial charge on any atom is -0.376 e. The number of nitrogens with one attached hydrogen (secondary N) is 1. The van der Waals surface area contributed by atoms with Gasteiger partial charge in [-0.25, -0.2) is 4.79 Å². The normalized spacial score (nSPS) is 14.8. The Morgan fingerprint density at radius 2 is 1.68 bits per heavy atom. The standard InChI is InChI=1S/C20H23F3N4O/c1-25(2)18-9-4-3-8-17(18)24-19(28)27-12-10-26(11-13-27)16-7-5-6-15(14-16)20(21,22)23/h3-9,14H,10-13H2,1-2H3,(H,24,28). The van der Waals surface area contributed by atoms with Crippen molar-refractivity contribution in [2.75, 3.05) is 55.4 Å². The molecule has 2 amide bonds. The van der Waals surface area contributed by atoms with Crippen LogP contribution in [0.15, 0.2) is 48.5 Å². The van der Waals surface area contributed by atoms with Gasteiger partial charge in [-0.2, -0.15) is 13.2 Å². The molecule has 0 atom stereocenters. The summed E-state index contributed by atoms with van der Waals surface area (Å²) in [7, 11) is 3.80. The van der Waals surface area contributed by atoms with Gasteiger partial charge in [0.1, 0.15) is 0 Å². The smallest absolute Gasteiger partial charge is 0.376 e. The molecule has 2 aromatic rings. The van der Waals surface area contributed by atoms with Gasteiger partial charge >= 0.3 is 12.2 Å². The molecule has 8 heteroatoms. The number of benzene rings is 2. The topological polar surface area (TPSA) is 38.8 Å². The van der Waals surface area contributed by atoms with Gasteiger partial charge in [0, 0.05) is 46.0 Å². The van der Waals surface area contributed by atoms with Crippen molar-refractivity contribution in [2.45, 2.75) is 6.18 Å². The molecule has 0 radical (unpaired) electrons. The van der Waals surface area contributed by atoms with Gasteiger partial charge in [-0.05, 0) is 30.3 Å².